The number of methoxy groups -OCH3 is 1. The number of rotatable bonds is 5. The van der Waals surface area contributed by atoms with Crippen LogP contribution >= 0.6 is 0 Å². The van der Waals surface area contributed by atoms with Crippen molar-refractivity contribution < 1.29 is 14.3 Å². The quantitative estimate of drug-likeness (QED) is 0.371. The number of amides is 2. The van der Waals surface area contributed by atoms with E-state index >= 15 is 0 Å². The molecular weight excluding hydrogens is 368 g/mol. The van der Waals surface area contributed by atoms with Crippen LogP contribution in [-0.4, -0.2) is 40.4 Å². The molecule has 2 amide bonds. The molecule has 0 spiro atoms. The van der Waals surface area contributed by atoms with E-state index in [0.717, 1.165) is 0 Å². The first-order chi connectivity index (χ1) is 13.5. The summed E-state index contributed by atoms with van der Waals surface area (Å²) in [5.74, 6) is -0.466. The average molecular weight is 384 g/mol. The van der Waals surface area contributed by atoms with Gasteiger partial charge in [-0.15, -0.1) is 0 Å². The number of anilines is 1. The predicted molar refractivity (Wildman–Crippen MR) is 100 cm³/mol. The molecule has 144 valence electrons. The molecular formula is C17H16N6O5. The van der Waals surface area contributed by atoms with Crippen molar-refractivity contribution in [3.63, 3.8) is 0 Å². The molecule has 0 radical (unpaired) electrons. The highest BCUT2D eigenvalue weighted by Gasteiger charge is 2.11. The minimum atomic E-state index is -0.696. The van der Waals surface area contributed by atoms with Gasteiger partial charge in [-0.1, -0.05) is 0 Å². The lowest BCUT2D eigenvalue weighted by Gasteiger charge is -2.09. The van der Waals surface area contributed by atoms with Crippen molar-refractivity contribution in [1.29, 1.82) is 0 Å². The molecule has 11 nitrogen and oxygen atoms in total. The van der Waals surface area contributed by atoms with Crippen LogP contribution in [0.5, 0.6) is 5.75 Å². The number of nitrogens with zero attached hydrogens (tertiary/aromatic N) is 1. The van der Waals surface area contributed by atoms with Crippen LogP contribution in [0.15, 0.2) is 46.1 Å². The number of ether oxygens (including phenoxy) is 1. The summed E-state index contributed by atoms with van der Waals surface area (Å²) in [5.41, 5.74) is 3.90. The molecule has 0 bridgehead atoms. The van der Waals surface area contributed by atoms with Gasteiger partial charge in [-0.2, -0.15) is 0 Å². The number of H-pyrrole nitrogens is 2. The Hall–Kier alpha value is -4.15. The third kappa shape index (κ3) is 4.33. The van der Waals surface area contributed by atoms with Crippen LogP contribution in [0.4, 0.5) is 5.69 Å². The zero-order valence-electron chi connectivity index (χ0n) is 14.7. The number of pyridine rings is 1. The van der Waals surface area contributed by atoms with Gasteiger partial charge in [0.05, 0.1) is 24.6 Å². The SMILES string of the molecule is COc1ccc(NCC(=O)NNC(=O)c2cnc3[nH]c(=O)[nH]c(=O)c3c2)cc1. The molecule has 0 saturated carbocycles. The van der Waals surface area contributed by atoms with Gasteiger partial charge in [-0.25, -0.2) is 9.78 Å². The molecule has 0 aliphatic rings. The Balaban J connectivity index is 1.57. The Labute approximate surface area is 157 Å². The van der Waals surface area contributed by atoms with Gasteiger partial charge in [0.1, 0.15) is 11.4 Å². The molecule has 3 aromatic rings. The summed E-state index contributed by atoms with van der Waals surface area (Å²) in [7, 11) is 1.55. The lowest BCUT2D eigenvalue weighted by molar-refractivity contribution is -0.120. The van der Waals surface area contributed by atoms with Gasteiger partial charge in [0.2, 0.25) is 0 Å². The fraction of sp³-hybridized carbons (Fsp3) is 0.118. The summed E-state index contributed by atoms with van der Waals surface area (Å²) in [5, 5.41) is 2.93. The van der Waals surface area contributed by atoms with Gasteiger partial charge in [0, 0.05) is 11.9 Å². The highest BCUT2D eigenvalue weighted by Crippen LogP contribution is 2.14. The molecule has 28 heavy (non-hydrogen) atoms. The molecule has 0 saturated heterocycles. The second-order valence-electron chi connectivity index (χ2n) is 5.61. The molecule has 2 heterocycles. The Bertz CT molecular complexity index is 1140. The van der Waals surface area contributed by atoms with E-state index in [4.69, 9.17) is 4.74 Å². The second kappa shape index (κ2) is 8.03. The lowest BCUT2D eigenvalue weighted by Crippen LogP contribution is -2.44. The smallest absolute Gasteiger partial charge is 0.327 e. The maximum atomic E-state index is 12.1. The highest BCUT2D eigenvalue weighted by atomic mass is 16.5. The minimum absolute atomic E-state index is 0.0356. The van der Waals surface area contributed by atoms with E-state index in [-0.39, 0.29) is 23.1 Å². The number of hydrogen-bond acceptors (Lipinski definition) is 7. The van der Waals surface area contributed by atoms with Crippen molar-refractivity contribution in [3.8, 4) is 5.75 Å². The number of carbonyl (C=O) groups excluding carboxylic acids is 2. The first-order valence-corrected chi connectivity index (χ1v) is 8.06. The summed E-state index contributed by atoms with van der Waals surface area (Å²) in [6.07, 6.45) is 1.18. The molecule has 0 aliphatic carbocycles. The van der Waals surface area contributed by atoms with Gasteiger partial charge in [-0.3, -0.25) is 35.2 Å². The molecule has 0 fully saturated rings. The zero-order chi connectivity index (χ0) is 20.1. The Morgan fingerprint density at radius 3 is 2.57 bits per heavy atom. The van der Waals surface area contributed by atoms with Crippen molar-refractivity contribution in [2.45, 2.75) is 0 Å². The normalized spacial score (nSPS) is 10.3. The summed E-state index contributed by atoms with van der Waals surface area (Å²) in [6.45, 7) is -0.0799. The Morgan fingerprint density at radius 2 is 1.86 bits per heavy atom. The van der Waals surface area contributed by atoms with E-state index in [1.165, 1.54) is 12.3 Å². The molecule has 0 atom stereocenters. The van der Waals surface area contributed by atoms with Gasteiger partial charge in [-0.05, 0) is 30.3 Å². The average Bonchev–Trinajstić information content (AvgIpc) is 2.70. The maximum absolute atomic E-state index is 12.1. The number of aromatic nitrogens is 3. The molecule has 11 heteroatoms. The van der Waals surface area contributed by atoms with Crippen molar-refractivity contribution >= 4 is 28.5 Å². The largest absolute Gasteiger partial charge is 0.497 e. The van der Waals surface area contributed by atoms with Crippen LogP contribution in [0.2, 0.25) is 0 Å². The molecule has 2 aromatic heterocycles. The second-order valence-corrected chi connectivity index (χ2v) is 5.61. The lowest BCUT2D eigenvalue weighted by atomic mass is 10.2. The first-order valence-electron chi connectivity index (χ1n) is 8.06. The van der Waals surface area contributed by atoms with Gasteiger partial charge < -0.3 is 10.1 Å². The van der Waals surface area contributed by atoms with Crippen molar-refractivity contribution in [3.05, 3.63) is 62.9 Å². The van der Waals surface area contributed by atoms with Crippen LogP contribution in [0, 0.1) is 0 Å². The molecule has 1 aromatic carbocycles. The number of hydrogen-bond donors (Lipinski definition) is 5. The number of benzene rings is 1. The van der Waals surface area contributed by atoms with E-state index in [1.54, 1.807) is 31.4 Å². The highest BCUT2D eigenvalue weighted by molar-refractivity contribution is 5.97. The first kappa shape index (κ1) is 18.6. The van der Waals surface area contributed by atoms with E-state index < -0.39 is 23.1 Å². The van der Waals surface area contributed by atoms with E-state index in [9.17, 15) is 19.2 Å². The summed E-state index contributed by atoms with van der Waals surface area (Å²) in [4.78, 5) is 55.2. The summed E-state index contributed by atoms with van der Waals surface area (Å²) < 4.78 is 5.04. The monoisotopic (exact) mass is 384 g/mol. The third-order valence-electron chi connectivity index (χ3n) is 3.71. The number of nitrogens with one attached hydrogen (secondary N) is 5. The molecule has 5 N–H and O–H groups in total. The third-order valence-corrected chi connectivity index (χ3v) is 3.71. The standard InChI is InChI=1S/C17H16N6O5/c1-28-11-4-2-10(3-5-11)18-8-13(24)22-23-15(25)9-6-12-14(19-7-9)20-17(27)21-16(12)26/h2-7,18H,8H2,1H3,(H,22,24)(H,23,25)(H2,19,20,21,26,27). The number of hydrazine groups is 1. The van der Waals surface area contributed by atoms with E-state index in [0.29, 0.717) is 11.4 Å². The van der Waals surface area contributed by atoms with Gasteiger partial charge >= 0.3 is 5.69 Å². The number of carbonyl (C=O) groups is 2. The van der Waals surface area contributed by atoms with Crippen LogP contribution in [0.25, 0.3) is 11.0 Å². The summed E-state index contributed by atoms with van der Waals surface area (Å²) in [6, 6.07) is 8.22. The van der Waals surface area contributed by atoms with E-state index in [1.807, 2.05) is 4.98 Å². The van der Waals surface area contributed by atoms with Crippen molar-refractivity contribution in [1.82, 2.24) is 25.8 Å². The van der Waals surface area contributed by atoms with Crippen LogP contribution in [-0.2, 0) is 4.79 Å². The molecule has 0 aliphatic heterocycles. The van der Waals surface area contributed by atoms with Gasteiger partial charge in [0.25, 0.3) is 17.4 Å². The maximum Gasteiger partial charge on any atom is 0.327 e. The topological polar surface area (TPSA) is 158 Å². The van der Waals surface area contributed by atoms with Crippen LogP contribution < -0.4 is 32.2 Å². The van der Waals surface area contributed by atoms with E-state index in [2.05, 4.69) is 26.1 Å². The number of fused-ring (bicyclic) bond motifs is 1. The van der Waals surface area contributed by atoms with Crippen molar-refractivity contribution in [2.24, 2.45) is 0 Å². The van der Waals surface area contributed by atoms with Gasteiger partial charge in [0.15, 0.2) is 0 Å². The van der Waals surface area contributed by atoms with Crippen molar-refractivity contribution in [2.75, 3.05) is 19.0 Å². The fourth-order valence-electron chi connectivity index (χ4n) is 2.30. The Morgan fingerprint density at radius 1 is 1.11 bits per heavy atom. The number of aromatic amines is 2. The minimum Gasteiger partial charge on any atom is -0.497 e. The van der Waals surface area contributed by atoms with Crippen LogP contribution in [0.1, 0.15) is 10.4 Å². The molecule has 3 rings (SSSR count). The zero-order valence-corrected chi connectivity index (χ0v) is 14.7. The predicted octanol–water partition coefficient (Wildman–Crippen LogP) is -0.507. The Kier molecular flexibility index (Phi) is 5.35. The fourth-order valence-corrected chi connectivity index (χ4v) is 2.30. The molecule has 0 unspecified atom stereocenters. The summed E-state index contributed by atoms with van der Waals surface area (Å²) >= 11 is 0. The van der Waals surface area contributed by atoms with Crippen LogP contribution in [0.3, 0.4) is 0 Å².